The van der Waals surface area contributed by atoms with Crippen molar-refractivity contribution in [2.75, 3.05) is 60.5 Å². The smallest absolute Gasteiger partial charge is 0.342 e. The molecule has 0 spiro atoms. The van der Waals surface area contributed by atoms with Crippen molar-refractivity contribution < 1.29 is 62.4 Å². The molecule has 0 saturated heterocycles. The molecule has 0 fully saturated rings. The lowest BCUT2D eigenvalue weighted by Gasteiger charge is -2.57. The highest BCUT2D eigenvalue weighted by molar-refractivity contribution is 5.77. The molecule has 0 aromatic rings. The minimum absolute atomic E-state index is 0.00991. The third-order valence-corrected chi connectivity index (χ3v) is 6.76. The number of hydrogen-bond donors (Lipinski definition) is 2. The van der Waals surface area contributed by atoms with Crippen molar-refractivity contribution in [1.82, 2.24) is 0 Å². The van der Waals surface area contributed by atoms with Crippen molar-refractivity contribution in [3.05, 3.63) is 0 Å². The van der Waals surface area contributed by atoms with Crippen LogP contribution in [0, 0.1) is 5.41 Å². The summed E-state index contributed by atoms with van der Waals surface area (Å²) in [5, 5.41) is 20.4. The Kier molecular flexibility index (Phi) is 19.8. The molecule has 13 heteroatoms. The van der Waals surface area contributed by atoms with Crippen LogP contribution in [0.1, 0.15) is 87.0 Å². The largest absolute Gasteiger partial charge is 0.481 e. The van der Waals surface area contributed by atoms with E-state index in [1.807, 2.05) is 0 Å². The van der Waals surface area contributed by atoms with Crippen LogP contribution in [0.15, 0.2) is 0 Å². The van der Waals surface area contributed by atoms with Crippen molar-refractivity contribution in [3.63, 3.8) is 0 Å². The van der Waals surface area contributed by atoms with Gasteiger partial charge in [0, 0.05) is 66.9 Å². The van der Waals surface area contributed by atoms with Crippen LogP contribution in [-0.2, 0) is 52.2 Å². The first-order valence-electron chi connectivity index (χ1n) is 15.0. The number of carboxylic acid groups (broad SMARTS) is 2. The SMILES string of the molecule is CCOC(OCC)(OCC)C(OC)C(CCCCCCC(=O)O)(C(=O)O)C(OC)(OCC)C(OCC)(OCC)OCC. The summed E-state index contributed by atoms with van der Waals surface area (Å²) in [4.78, 5) is 25.0. The average Bonchev–Trinajstić information content (AvgIpc) is 2.93. The molecule has 0 aliphatic rings. The second-order valence-electron chi connectivity index (χ2n) is 9.21. The summed E-state index contributed by atoms with van der Waals surface area (Å²) >= 11 is 0. The maximum Gasteiger partial charge on any atom is 0.342 e. The highest BCUT2D eigenvalue weighted by Gasteiger charge is 2.78. The van der Waals surface area contributed by atoms with E-state index < -0.39 is 41.2 Å². The summed E-state index contributed by atoms with van der Waals surface area (Å²) in [6, 6.07) is 0. The lowest BCUT2D eigenvalue weighted by molar-refractivity contribution is -0.529. The summed E-state index contributed by atoms with van der Waals surface area (Å²) in [6.07, 6.45) is 0.127. The first-order chi connectivity index (χ1) is 20.0. The molecule has 13 nitrogen and oxygen atoms in total. The van der Waals surface area contributed by atoms with E-state index in [0.29, 0.717) is 25.7 Å². The van der Waals surface area contributed by atoms with Crippen LogP contribution < -0.4 is 0 Å². The Morgan fingerprint density at radius 2 is 1.05 bits per heavy atom. The molecule has 0 bridgehead atoms. The number of aliphatic carboxylic acids is 2. The number of hydrogen-bond acceptors (Lipinski definition) is 11. The average molecular weight is 613 g/mol. The normalized spacial score (nSPS) is 16.1. The van der Waals surface area contributed by atoms with Crippen molar-refractivity contribution >= 4 is 11.9 Å². The number of ether oxygens (including phenoxy) is 9. The van der Waals surface area contributed by atoms with Gasteiger partial charge in [-0.3, -0.25) is 9.59 Å². The van der Waals surface area contributed by atoms with E-state index >= 15 is 0 Å². The van der Waals surface area contributed by atoms with E-state index in [2.05, 4.69) is 0 Å². The maximum absolute atomic E-state index is 14.0. The molecule has 0 saturated carbocycles. The first-order valence-corrected chi connectivity index (χ1v) is 15.0. The monoisotopic (exact) mass is 612 g/mol. The zero-order valence-electron chi connectivity index (χ0n) is 27.2. The number of rotatable bonds is 28. The molecule has 0 aromatic carbocycles. The fourth-order valence-corrected chi connectivity index (χ4v) is 5.50. The Labute approximate surface area is 251 Å². The van der Waals surface area contributed by atoms with E-state index in [1.165, 1.54) is 14.2 Å². The van der Waals surface area contributed by atoms with Gasteiger partial charge in [0.25, 0.3) is 5.79 Å². The lowest BCUT2D eigenvalue weighted by Crippen LogP contribution is -2.78. The van der Waals surface area contributed by atoms with Gasteiger partial charge in [-0.15, -0.1) is 0 Å². The molecular formula is C29H56O13. The molecule has 0 rings (SSSR count). The van der Waals surface area contributed by atoms with Crippen LogP contribution in [0.2, 0.25) is 0 Å². The van der Waals surface area contributed by atoms with Gasteiger partial charge in [-0.05, 0) is 61.3 Å². The van der Waals surface area contributed by atoms with Gasteiger partial charge in [-0.1, -0.05) is 19.3 Å². The Bertz CT molecular complexity index is 715. The standard InChI is InChI=1S/C29H56O13/c1-10-36-27(37-11-2,38-12-3)24(34-8)26(25(32)33,22-20-18-17-19-21-23(30)31)28(35-9,39-13-4)29(40-14-5,41-15-6)42-16-7/h24H,10-22H2,1-9H3,(H,30,31)(H,32,33). The minimum atomic E-state index is -2.32. The van der Waals surface area contributed by atoms with Gasteiger partial charge in [0.2, 0.25) is 0 Å². The van der Waals surface area contributed by atoms with Crippen LogP contribution in [0.3, 0.4) is 0 Å². The van der Waals surface area contributed by atoms with Gasteiger partial charge in [0.15, 0.2) is 11.5 Å². The topological polar surface area (TPSA) is 158 Å². The lowest BCUT2D eigenvalue weighted by atomic mass is 9.67. The summed E-state index contributed by atoms with van der Waals surface area (Å²) in [5.74, 6) is -8.81. The summed E-state index contributed by atoms with van der Waals surface area (Å²) < 4.78 is 55.1. The fourth-order valence-electron chi connectivity index (χ4n) is 5.50. The van der Waals surface area contributed by atoms with Crippen molar-refractivity contribution in [2.45, 2.75) is 111 Å². The molecule has 250 valence electrons. The van der Waals surface area contributed by atoms with Gasteiger partial charge in [-0.2, -0.15) is 0 Å². The Morgan fingerprint density at radius 1 is 0.619 bits per heavy atom. The van der Waals surface area contributed by atoms with E-state index in [9.17, 15) is 14.7 Å². The Balaban J connectivity index is 7.84. The molecular weight excluding hydrogens is 556 g/mol. The van der Waals surface area contributed by atoms with Gasteiger partial charge >= 0.3 is 23.9 Å². The third-order valence-electron chi connectivity index (χ3n) is 6.76. The summed E-state index contributed by atoms with van der Waals surface area (Å²) in [5.41, 5.74) is -2.22. The molecule has 3 atom stereocenters. The van der Waals surface area contributed by atoms with Crippen LogP contribution >= 0.6 is 0 Å². The maximum atomic E-state index is 14.0. The molecule has 0 amide bonds. The fraction of sp³-hybridized carbons (Fsp3) is 0.931. The second kappa shape index (κ2) is 20.5. The molecule has 0 heterocycles. The van der Waals surface area contributed by atoms with Crippen LogP contribution in [0.5, 0.6) is 0 Å². The molecule has 0 aliphatic carbocycles. The molecule has 42 heavy (non-hydrogen) atoms. The summed E-state index contributed by atoms with van der Waals surface area (Å²) in [7, 11) is 2.62. The van der Waals surface area contributed by atoms with Crippen LogP contribution in [-0.4, -0.2) is 106 Å². The number of unbranched alkanes of at least 4 members (excludes halogenated alkanes) is 3. The van der Waals surface area contributed by atoms with Crippen molar-refractivity contribution in [2.24, 2.45) is 5.41 Å². The predicted octanol–water partition coefficient (Wildman–Crippen LogP) is 4.40. The van der Waals surface area contributed by atoms with Crippen molar-refractivity contribution in [1.29, 1.82) is 0 Å². The predicted molar refractivity (Wildman–Crippen MR) is 153 cm³/mol. The van der Waals surface area contributed by atoms with Crippen molar-refractivity contribution in [3.8, 4) is 0 Å². The van der Waals surface area contributed by atoms with Crippen LogP contribution in [0.25, 0.3) is 0 Å². The van der Waals surface area contributed by atoms with Crippen LogP contribution in [0.4, 0.5) is 0 Å². The summed E-state index contributed by atoms with van der Waals surface area (Å²) in [6.45, 7) is 12.4. The highest BCUT2D eigenvalue weighted by atomic mass is 16.9. The number of carboxylic acids is 2. The molecule has 0 radical (unpaired) electrons. The Morgan fingerprint density at radius 3 is 1.38 bits per heavy atom. The Hall–Kier alpha value is -1.42. The minimum Gasteiger partial charge on any atom is -0.481 e. The zero-order valence-corrected chi connectivity index (χ0v) is 27.2. The van der Waals surface area contributed by atoms with E-state index in [-0.39, 0.29) is 59.1 Å². The number of methoxy groups -OCH3 is 2. The second-order valence-corrected chi connectivity index (χ2v) is 9.21. The number of carbonyl (C=O) groups is 2. The quantitative estimate of drug-likeness (QED) is 0.0947. The van der Waals surface area contributed by atoms with E-state index in [1.54, 1.807) is 48.5 Å². The zero-order chi connectivity index (χ0) is 32.3. The van der Waals surface area contributed by atoms with Gasteiger partial charge in [0.05, 0.1) is 0 Å². The highest BCUT2D eigenvalue weighted by Crippen LogP contribution is 2.55. The molecule has 0 aromatic heterocycles. The van der Waals surface area contributed by atoms with Gasteiger partial charge < -0.3 is 52.8 Å². The van der Waals surface area contributed by atoms with E-state index in [0.717, 1.165) is 0 Å². The molecule has 3 unspecified atom stereocenters. The molecule has 2 N–H and O–H groups in total. The molecule has 0 aliphatic heterocycles. The first kappa shape index (κ1) is 40.6. The van der Waals surface area contributed by atoms with E-state index in [4.69, 9.17) is 47.7 Å². The van der Waals surface area contributed by atoms with Gasteiger partial charge in [-0.25, -0.2) is 0 Å². The third kappa shape index (κ3) is 9.05. The van der Waals surface area contributed by atoms with Gasteiger partial charge in [0.1, 0.15) is 0 Å².